The lowest BCUT2D eigenvalue weighted by Crippen LogP contribution is -2.33. The number of unbranched alkanes of at least 4 members (excludes halogenated alkanes) is 16. The second kappa shape index (κ2) is 31.8. The van der Waals surface area contributed by atoms with E-state index in [2.05, 4.69) is 62.5 Å². The van der Waals surface area contributed by atoms with Crippen molar-refractivity contribution in [3.63, 3.8) is 0 Å². The monoisotopic (exact) mass is 700 g/mol. The average Bonchev–Trinajstić information content (AvgIpc) is 3.39. The van der Waals surface area contributed by atoms with Crippen molar-refractivity contribution >= 4 is 17.9 Å². The van der Waals surface area contributed by atoms with Gasteiger partial charge in [0, 0.05) is 12.8 Å². The summed E-state index contributed by atoms with van der Waals surface area (Å²) in [6, 6.07) is 0. The Morgan fingerprint density at radius 2 is 1.06 bits per heavy atom. The number of cyclic esters (lactones) is 1. The third-order valence-corrected chi connectivity index (χ3v) is 8.57. The molecule has 8 heteroatoms. The van der Waals surface area contributed by atoms with E-state index >= 15 is 0 Å². The number of hydrogen-bond acceptors (Lipinski definition) is 8. The Kier molecular flexibility index (Phi) is 28.6. The Morgan fingerprint density at radius 3 is 1.54 bits per heavy atom. The molecule has 2 atom stereocenters. The summed E-state index contributed by atoms with van der Waals surface area (Å²) >= 11 is 0. The first kappa shape index (κ1) is 44.9. The number of hydrogen-bond donors (Lipinski definition) is 2. The fourth-order valence-electron chi connectivity index (χ4n) is 5.48. The molecule has 0 aliphatic carbocycles. The lowest BCUT2D eigenvalue weighted by atomic mass is 10.1. The Bertz CT molecular complexity index is 1050. The molecule has 1 aliphatic heterocycles. The maximum absolute atomic E-state index is 12.3. The van der Waals surface area contributed by atoms with Crippen molar-refractivity contribution in [2.75, 3.05) is 6.61 Å². The molecule has 0 aromatic carbocycles. The number of aliphatic hydroxyl groups is 2. The molecule has 8 nitrogen and oxygen atoms in total. The summed E-state index contributed by atoms with van der Waals surface area (Å²) in [5.41, 5.74) is 0. The fraction of sp³-hybridized carbons (Fsp3) is 0.690. The van der Waals surface area contributed by atoms with Crippen LogP contribution in [-0.2, 0) is 28.6 Å². The van der Waals surface area contributed by atoms with Crippen molar-refractivity contribution in [2.45, 2.75) is 180 Å². The van der Waals surface area contributed by atoms with Crippen molar-refractivity contribution < 1.29 is 38.8 Å². The maximum atomic E-state index is 12.3. The first-order chi connectivity index (χ1) is 24.4. The lowest BCUT2D eigenvalue weighted by Gasteiger charge is -2.17. The zero-order valence-corrected chi connectivity index (χ0v) is 31.3. The molecule has 0 saturated carbocycles. The number of esters is 3. The van der Waals surface area contributed by atoms with E-state index in [9.17, 15) is 24.6 Å². The van der Waals surface area contributed by atoms with Gasteiger partial charge in [0.15, 0.2) is 11.9 Å². The molecule has 284 valence electrons. The van der Waals surface area contributed by atoms with Crippen LogP contribution in [0.1, 0.15) is 168 Å². The predicted octanol–water partition coefficient (Wildman–Crippen LogP) is 10.8. The first-order valence-corrected chi connectivity index (χ1v) is 19.7. The van der Waals surface area contributed by atoms with Crippen LogP contribution in [-0.4, -0.2) is 46.9 Å². The van der Waals surface area contributed by atoms with E-state index in [1.807, 2.05) is 0 Å². The van der Waals surface area contributed by atoms with Crippen molar-refractivity contribution in [1.82, 2.24) is 0 Å². The largest absolute Gasteiger partial charge is 0.505 e. The zero-order chi connectivity index (χ0) is 36.5. The number of carbonyl (C=O) groups is 3. The molecule has 0 radical (unpaired) electrons. The molecule has 0 bridgehead atoms. The molecule has 0 saturated heterocycles. The molecule has 0 fully saturated rings. The third-order valence-electron chi connectivity index (χ3n) is 8.57. The summed E-state index contributed by atoms with van der Waals surface area (Å²) in [5, 5.41) is 20.8. The van der Waals surface area contributed by atoms with Crippen LogP contribution in [0.4, 0.5) is 0 Å². The number of aliphatic hydroxyl groups excluding tert-OH is 2. The Labute approximate surface area is 303 Å². The van der Waals surface area contributed by atoms with Crippen LogP contribution in [0, 0.1) is 0 Å². The molecule has 0 aromatic rings. The van der Waals surface area contributed by atoms with Gasteiger partial charge in [-0.2, -0.15) is 0 Å². The van der Waals surface area contributed by atoms with Crippen LogP contribution < -0.4 is 0 Å². The van der Waals surface area contributed by atoms with Gasteiger partial charge in [-0.3, -0.25) is 9.59 Å². The van der Waals surface area contributed by atoms with E-state index in [1.54, 1.807) is 0 Å². The van der Waals surface area contributed by atoms with Crippen LogP contribution >= 0.6 is 0 Å². The van der Waals surface area contributed by atoms with Gasteiger partial charge in [0.1, 0.15) is 12.7 Å². The minimum Gasteiger partial charge on any atom is -0.505 e. The molecule has 1 aliphatic rings. The summed E-state index contributed by atoms with van der Waals surface area (Å²) in [4.78, 5) is 36.6. The summed E-state index contributed by atoms with van der Waals surface area (Å²) in [7, 11) is 0. The highest BCUT2D eigenvalue weighted by atomic mass is 16.6. The van der Waals surface area contributed by atoms with Crippen LogP contribution in [0.3, 0.4) is 0 Å². The van der Waals surface area contributed by atoms with Crippen LogP contribution in [0.5, 0.6) is 0 Å². The van der Waals surface area contributed by atoms with Gasteiger partial charge in [0.2, 0.25) is 0 Å². The fourth-order valence-corrected chi connectivity index (χ4v) is 5.48. The molecule has 50 heavy (non-hydrogen) atoms. The highest BCUT2D eigenvalue weighted by molar-refractivity contribution is 5.92. The molecule has 0 unspecified atom stereocenters. The van der Waals surface area contributed by atoms with Crippen LogP contribution in [0.25, 0.3) is 0 Å². The lowest BCUT2D eigenvalue weighted by molar-refractivity contribution is -0.157. The SMILES string of the molecule is CCCCC/C=C\C/C=C\CCCCCCCC(=O)OC[C@H](O)[C@H]1OC(=O)C(OC(=O)CCCCCCC/C=C\C/C=C\CCCCC)=C1O. The molecule has 1 rings (SSSR count). The molecular formula is C42H68O8. The summed E-state index contributed by atoms with van der Waals surface area (Å²) < 4.78 is 15.2. The molecule has 0 spiro atoms. The van der Waals surface area contributed by atoms with Gasteiger partial charge in [-0.1, -0.05) is 127 Å². The van der Waals surface area contributed by atoms with Crippen molar-refractivity contribution in [3.8, 4) is 0 Å². The standard InChI is InChI=1S/C42H68O8/c1-3-5-7-9-11-13-15-17-19-21-23-25-27-29-31-33-37(44)48-35-36(43)40-39(46)41(42(47)50-40)49-38(45)34-32-30-28-26-24-22-20-18-16-14-12-10-8-6-4-2/h11-14,17-20,36,40,43,46H,3-10,15-16,21-35H2,1-2H3/b13-11-,14-12-,19-17-,20-18-/t36-,40+/m0/s1. The van der Waals surface area contributed by atoms with Gasteiger partial charge in [0.25, 0.3) is 5.76 Å². The first-order valence-electron chi connectivity index (χ1n) is 19.7. The van der Waals surface area contributed by atoms with Gasteiger partial charge >= 0.3 is 17.9 Å². The molecule has 1 heterocycles. The molecular weight excluding hydrogens is 632 g/mol. The van der Waals surface area contributed by atoms with E-state index < -0.39 is 48.2 Å². The Balaban J connectivity index is 2.12. The normalized spacial score (nSPS) is 15.7. The smallest absolute Gasteiger partial charge is 0.378 e. The van der Waals surface area contributed by atoms with Gasteiger partial charge in [-0.25, -0.2) is 4.79 Å². The molecule has 2 N–H and O–H groups in total. The quantitative estimate of drug-likeness (QED) is 0.0308. The summed E-state index contributed by atoms with van der Waals surface area (Å²) in [6.45, 7) is 3.98. The van der Waals surface area contributed by atoms with Gasteiger partial charge in [-0.05, 0) is 77.0 Å². The zero-order valence-electron chi connectivity index (χ0n) is 31.3. The van der Waals surface area contributed by atoms with Gasteiger partial charge in [0.05, 0.1) is 0 Å². The van der Waals surface area contributed by atoms with E-state index in [-0.39, 0.29) is 12.8 Å². The Morgan fingerprint density at radius 1 is 0.640 bits per heavy atom. The topological polar surface area (TPSA) is 119 Å². The van der Waals surface area contributed by atoms with Crippen LogP contribution in [0.15, 0.2) is 60.1 Å². The minimum absolute atomic E-state index is 0.105. The van der Waals surface area contributed by atoms with Crippen LogP contribution in [0.2, 0.25) is 0 Å². The van der Waals surface area contributed by atoms with Crippen molar-refractivity contribution in [3.05, 3.63) is 60.1 Å². The Hall–Kier alpha value is -3.13. The number of allylic oxidation sites excluding steroid dienone is 8. The second-order valence-corrected chi connectivity index (χ2v) is 13.2. The van der Waals surface area contributed by atoms with Crippen molar-refractivity contribution in [1.29, 1.82) is 0 Å². The van der Waals surface area contributed by atoms with Gasteiger partial charge < -0.3 is 24.4 Å². The third kappa shape index (κ3) is 24.1. The number of carbonyl (C=O) groups excluding carboxylic acids is 3. The van der Waals surface area contributed by atoms with E-state index in [1.165, 1.54) is 44.9 Å². The van der Waals surface area contributed by atoms with Gasteiger partial charge in [-0.15, -0.1) is 0 Å². The molecule has 0 amide bonds. The number of rotatable bonds is 32. The van der Waals surface area contributed by atoms with E-state index in [0.717, 1.165) is 83.5 Å². The number of ether oxygens (including phenoxy) is 3. The van der Waals surface area contributed by atoms with E-state index in [4.69, 9.17) is 14.2 Å². The molecule has 0 aromatic heterocycles. The maximum Gasteiger partial charge on any atom is 0.378 e. The average molecular weight is 701 g/mol. The summed E-state index contributed by atoms with van der Waals surface area (Å²) in [5.74, 6) is -3.42. The minimum atomic E-state index is -1.48. The highest BCUT2D eigenvalue weighted by Gasteiger charge is 2.42. The highest BCUT2D eigenvalue weighted by Crippen LogP contribution is 2.25. The summed E-state index contributed by atoms with van der Waals surface area (Å²) in [6.07, 6.45) is 38.8. The van der Waals surface area contributed by atoms with Crippen molar-refractivity contribution in [2.24, 2.45) is 0 Å². The predicted molar refractivity (Wildman–Crippen MR) is 201 cm³/mol. The van der Waals surface area contributed by atoms with E-state index in [0.29, 0.717) is 12.8 Å². The second-order valence-electron chi connectivity index (χ2n) is 13.2.